The van der Waals surface area contributed by atoms with Crippen LogP contribution >= 0.6 is 0 Å². The zero-order valence-electron chi connectivity index (χ0n) is 20.6. The minimum atomic E-state index is -0.950. The predicted octanol–water partition coefficient (Wildman–Crippen LogP) is 5.49. The van der Waals surface area contributed by atoms with Crippen molar-refractivity contribution in [2.75, 3.05) is 46.5 Å². The summed E-state index contributed by atoms with van der Waals surface area (Å²) >= 11 is 0. The Kier molecular flexibility index (Phi) is 11.0. The highest BCUT2D eigenvalue weighted by Gasteiger charge is 2.16. The van der Waals surface area contributed by atoms with Gasteiger partial charge in [-0.3, -0.25) is 0 Å². The second-order valence-corrected chi connectivity index (χ2v) is 8.36. The monoisotopic (exact) mass is 469 g/mol. The van der Waals surface area contributed by atoms with E-state index in [9.17, 15) is 8.78 Å². The number of piperazine rings is 1. The van der Waals surface area contributed by atoms with Gasteiger partial charge in [-0.2, -0.15) is 0 Å². The van der Waals surface area contributed by atoms with Gasteiger partial charge >= 0.3 is 0 Å². The molecule has 1 fully saturated rings. The average Bonchev–Trinajstić information content (AvgIpc) is 2.85. The Morgan fingerprint density at radius 3 is 2.32 bits per heavy atom. The van der Waals surface area contributed by atoms with E-state index in [0.717, 1.165) is 54.7 Å². The summed E-state index contributed by atoms with van der Waals surface area (Å²) in [6.45, 7) is 14.3. The van der Waals surface area contributed by atoms with Crippen LogP contribution in [0.2, 0.25) is 0 Å². The van der Waals surface area contributed by atoms with Gasteiger partial charge in [0, 0.05) is 37.4 Å². The molecule has 34 heavy (non-hydrogen) atoms. The molecule has 1 aliphatic rings. The summed E-state index contributed by atoms with van der Waals surface area (Å²) in [7, 11) is 2.13. The molecule has 6 heteroatoms. The van der Waals surface area contributed by atoms with Crippen molar-refractivity contribution >= 4 is 11.3 Å². The Morgan fingerprint density at radius 2 is 1.79 bits per heavy atom. The van der Waals surface area contributed by atoms with Gasteiger partial charge in [0.05, 0.1) is 6.04 Å². The first-order chi connectivity index (χ1) is 16.3. The fourth-order valence-corrected chi connectivity index (χ4v) is 3.52. The van der Waals surface area contributed by atoms with Crippen LogP contribution in [0.25, 0.3) is 11.3 Å². The molecule has 1 aromatic carbocycles. The van der Waals surface area contributed by atoms with Crippen LogP contribution in [0.5, 0.6) is 0 Å². The minimum absolute atomic E-state index is 0.0848. The van der Waals surface area contributed by atoms with E-state index in [2.05, 4.69) is 42.1 Å². The van der Waals surface area contributed by atoms with Gasteiger partial charge in [0.1, 0.15) is 24.9 Å². The molecule has 0 amide bonds. The third-order valence-corrected chi connectivity index (χ3v) is 5.78. The summed E-state index contributed by atoms with van der Waals surface area (Å²) in [5.74, 6) is -0.223. The van der Waals surface area contributed by atoms with E-state index in [0.29, 0.717) is 5.76 Å². The van der Waals surface area contributed by atoms with E-state index in [1.54, 1.807) is 6.92 Å². The van der Waals surface area contributed by atoms with Crippen molar-refractivity contribution in [3.63, 3.8) is 0 Å². The molecule has 1 saturated heterocycles. The lowest BCUT2D eigenvalue weighted by molar-refractivity contribution is 0.207. The number of rotatable bonds is 11. The summed E-state index contributed by atoms with van der Waals surface area (Å²) in [5.41, 5.74) is 10.00. The predicted molar refractivity (Wildman–Crippen MR) is 139 cm³/mol. The SMILES string of the molecule is C=C/C=C\C(F)=C(/CF)CO/C(=C/C(=C\C)c1ccc(C(=C)N2CCN(C)CC2)cc1)C(C)N. The molecule has 4 nitrogen and oxygen atoms in total. The highest BCUT2D eigenvalue weighted by Crippen LogP contribution is 2.24. The smallest absolute Gasteiger partial charge is 0.128 e. The molecule has 2 rings (SSSR count). The Morgan fingerprint density at radius 1 is 1.18 bits per heavy atom. The number of halogens is 2. The van der Waals surface area contributed by atoms with Crippen LogP contribution in [0, 0.1) is 0 Å². The van der Waals surface area contributed by atoms with E-state index in [1.165, 1.54) is 12.2 Å². The van der Waals surface area contributed by atoms with Crippen LogP contribution in [-0.2, 0) is 4.74 Å². The molecule has 1 aromatic rings. The topological polar surface area (TPSA) is 41.7 Å². The van der Waals surface area contributed by atoms with Crippen molar-refractivity contribution in [1.29, 1.82) is 0 Å². The zero-order chi connectivity index (χ0) is 25.1. The molecular weight excluding hydrogens is 432 g/mol. The lowest BCUT2D eigenvalue weighted by Gasteiger charge is -2.35. The van der Waals surface area contributed by atoms with Crippen molar-refractivity contribution in [3.8, 4) is 0 Å². The molecule has 1 aliphatic heterocycles. The zero-order valence-corrected chi connectivity index (χ0v) is 20.6. The second kappa shape index (κ2) is 13.7. The number of hydrogen-bond donors (Lipinski definition) is 1. The third-order valence-electron chi connectivity index (χ3n) is 5.78. The van der Waals surface area contributed by atoms with Gasteiger partial charge in [-0.05, 0) is 49.7 Å². The number of hydrogen-bond acceptors (Lipinski definition) is 4. The van der Waals surface area contributed by atoms with E-state index < -0.39 is 18.5 Å². The molecule has 184 valence electrons. The fraction of sp³-hybridized carbons (Fsp3) is 0.357. The van der Waals surface area contributed by atoms with Gasteiger partial charge in [0.2, 0.25) is 0 Å². The van der Waals surface area contributed by atoms with Crippen molar-refractivity contribution in [2.45, 2.75) is 19.9 Å². The normalized spacial score (nSPS) is 17.5. The standard InChI is InChI=1S/C28H37F2N3O/c1-6-8-9-27(30)26(19-29)20-34-28(21(3)31)18-23(7-2)25-12-10-24(11-13-25)22(4)33-16-14-32(5)15-17-33/h6-13,18,21H,1,4,14-17,19-20,31H2,2-3,5H3/b9-8-,23-7+,27-26-,28-18+. The summed E-state index contributed by atoms with van der Waals surface area (Å²) in [6, 6.07) is 7.75. The highest BCUT2D eigenvalue weighted by atomic mass is 19.1. The van der Waals surface area contributed by atoms with Gasteiger partial charge in [-0.25, -0.2) is 8.78 Å². The Bertz CT molecular complexity index is 950. The van der Waals surface area contributed by atoms with Crippen LogP contribution in [0.3, 0.4) is 0 Å². The van der Waals surface area contributed by atoms with E-state index in [4.69, 9.17) is 10.5 Å². The minimum Gasteiger partial charge on any atom is -0.492 e. The number of nitrogens with zero attached hydrogens (tertiary/aromatic N) is 2. The molecule has 0 saturated carbocycles. The molecule has 0 aromatic heterocycles. The van der Waals surface area contributed by atoms with Crippen molar-refractivity contribution in [1.82, 2.24) is 9.80 Å². The Hall–Kier alpha value is -2.96. The average molecular weight is 470 g/mol. The molecule has 0 spiro atoms. The number of ether oxygens (including phenoxy) is 1. The van der Waals surface area contributed by atoms with Crippen LogP contribution < -0.4 is 5.73 Å². The number of allylic oxidation sites excluding steroid dienone is 7. The number of alkyl halides is 1. The van der Waals surface area contributed by atoms with Gasteiger partial charge in [0.15, 0.2) is 0 Å². The molecule has 0 radical (unpaired) electrons. The second-order valence-electron chi connectivity index (χ2n) is 8.36. The van der Waals surface area contributed by atoms with Crippen molar-refractivity contribution in [3.05, 3.63) is 96.1 Å². The van der Waals surface area contributed by atoms with Crippen molar-refractivity contribution in [2.24, 2.45) is 5.73 Å². The van der Waals surface area contributed by atoms with Crippen LogP contribution in [-0.4, -0.2) is 62.3 Å². The molecule has 2 N–H and O–H groups in total. The summed E-state index contributed by atoms with van der Waals surface area (Å²) in [6.07, 6.45) is 7.77. The lowest BCUT2D eigenvalue weighted by Crippen LogP contribution is -2.43. The maximum Gasteiger partial charge on any atom is 0.128 e. The Balaban J connectivity index is 2.16. The maximum atomic E-state index is 14.1. The van der Waals surface area contributed by atoms with E-state index >= 15 is 0 Å². The number of benzene rings is 1. The van der Waals surface area contributed by atoms with Crippen LogP contribution in [0.4, 0.5) is 8.78 Å². The third kappa shape index (κ3) is 7.82. The van der Waals surface area contributed by atoms with Gasteiger partial charge in [0.25, 0.3) is 0 Å². The van der Waals surface area contributed by atoms with Crippen molar-refractivity contribution < 1.29 is 13.5 Å². The van der Waals surface area contributed by atoms with Gasteiger partial charge < -0.3 is 20.3 Å². The fourth-order valence-electron chi connectivity index (χ4n) is 3.52. The molecular formula is C28H37F2N3O. The van der Waals surface area contributed by atoms with E-state index in [-0.39, 0.29) is 12.2 Å². The summed E-state index contributed by atoms with van der Waals surface area (Å²) in [5, 5.41) is 0. The first-order valence-electron chi connectivity index (χ1n) is 11.5. The molecule has 0 aliphatic carbocycles. The van der Waals surface area contributed by atoms with Crippen LogP contribution in [0.15, 0.2) is 85.0 Å². The quantitative estimate of drug-likeness (QED) is 0.344. The maximum absolute atomic E-state index is 14.1. The van der Waals surface area contributed by atoms with Crippen LogP contribution in [0.1, 0.15) is 25.0 Å². The Labute approximate surface area is 203 Å². The molecule has 1 unspecified atom stereocenters. The summed E-state index contributed by atoms with van der Waals surface area (Å²) < 4.78 is 33.2. The van der Waals surface area contributed by atoms with Gasteiger partial charge in [-0.15, -0.1) is 0 Å². The highest BCUT2D eigenvalue weighted by molar-refractivity contribution is 5.75. The molecule has 0 bridgehead atoms. The first kappa shape index (κ1) is 27.3. The molecule has 1 heterocycles. The number of likely N-dealkylation sites (N-methyl/N-ethyl adjacent to an activating group) is 1. The van der Waals surface area contributed by atoms with E-state index in [1.807, 2.05) is 31.2 Å². The largest absolute Gasteiger partial charge is 0.492 e. The summed E-state index contributed by atoms with van der Waals surface area (Å²) in [4.78, 5) is 4.63. The lowest BCUT2D eigenvalue weighted by atomic mass is 10.0. The molecule has 1 atom stereocenters. The number of nitrogens with two attached hydrogens (primary N) is 1. The van der Waals surface area contributed by atoms with Gasteiger partial charge in [-0.1, -0.05) is 55.7 Å². The first-order valence-corrected chi connectivity index (χ1v) is 11.5.